The molecule has 0 saturated carbocycles. The lowest BCUT2D eigenvalue weighted by atomic mass is 10.2. The molecule has 1 atom stereocenters. The number of hydrogen-bond donors (Lipinski definition) is 2. The Labute approximate surface area is 128 Å². The summed E-state index contributed by atoms with van der Waals surface area (Å²) < 4.78 is 0. The molecule has 0 unspecified atom stereocenters. The fourth-order valence-electron chi connectivity index (χ4n) is 1.81. The van der Waals surface area contributed by atoms with Crippen molar-refractivity contribution in [2.75, 3.05) is 11.9 Å². The van der Waals surface area contributed by atoms with Crippen molar-refractivity contribution >= 4 is 34.5 Å². The molecule has 2 rings (SSSR count). The average Bonchev–Trinajstić information content (AvgIpc) is 2.94. The molecule has 2 N–H and O–H groups in total. The van der Waals surface area contributed by atoms with Crippen LogP contribution in [0.25, 0.3) is 0 Å². The molecule has 20 heavy (non-hydrogen) atoms. The van der Waals surface area contributed by atoms with E-state index in [2.05, 4.69) is 16.7 Å². The highest BCUT2D eigenvalue weighted by molar-refractivity contribution is 7.10. The molecule has 0 aliphatic heterocycles. The summed E-state index contributed by atoms with van der Waals surface area (Å²) in [5.74, 6) is -0.0706. The van der Waals surface area contributed by atoms with Crippen LogP contribution in [0.2, 0.25) is 5.02 Å². The molecule has 1 aromatic heterocycles. The van der Waals surface area contributed by atoms with Crippen LogP contribution >= 0.6 is 22.9 Å². The number of carbonyl (C=O) groups is 1. The van der Waals surface area contributed by atoms with Crippen LogP contribution in [0, 0.1) is 6.92 Å². The Morgan fingerprint density at radius 2 is 2.20 bits per heavy atom. The minimum Gasteiger partial charge on any atom is -0.325 e. The zero-order valence-corrected chi connectivity index (χ0v) is 13.0. The van der Waals surface area contributed by atoms with Crippen LogP contribution in [-0.4, -0.2) is 12.5 Å². The van der Waals surface area contributed by atoms with E-state index in [4.69, 9.17) is 11.6 Å². The highest BCUT2D eigenvalue weighted by Gasteiger charge is 2.09. The standard InChI is InChI=1S/C15H17ClN2OS/c1-10-5-6-12(16)8-13(10)18-15(19)9-17-11(2)14-4-3-7-20-14/h3-8,11,17H,9H2,1-2H3,(H,18,19)/t11-/m0/s1. The summed E-state index contributed by atoms with van der Waals surface area (Å²) in [4.78, 5) is 13.2. The molecule has 5 heteroatoms. The zero-order valence-electron chi connectivity index (χ0n) is 11.4. The van der Waals surface area contributed by atoms with E-state index in [0.717, 1.165) is 11.3 Å². The highest BCUT2D eigenvalue weighted by atomic mass is 35.5. The number of anilines is 1. The Morgan fingerprint density at radius 1 is 1.40 bits per heavy atom. The number of halogens is 1. The van der Waals surface area contributed by atoms with Crippen molar-refractivity contribution in [3.63, 3.8) is 0 Å². The fourth-order valence-corrected chi connectivity index (χ4v) is 2.74. The Kier molecular flexibility index (Phi) is 5.17. The molecule has 106 valence electrons. The summed E-state index contributed by atoms with van der Waals surface area (Å²) in [6, 6.07) is 9.69. The van der Waals surface area contributed by atoms with Crippen molar-refractivity contribution in [1.82, 2.24) is 5.32 Å². The Hall–Kier alpha value is -1.36. The summed E-state index contributed by atoms with van der Waals surface area (Å²) in [5, 5.41) is 8.72. The number of hydrogen-bond acceptors (Lipinski definition) is 3. The van der Waals surface area contributed by atoms with Crippen LogP contribution in [0.1, 0.15) is 23.4 Å². The molecule has 1 heterocycles. The lowest BCUT2D eigenvalue weighted by molar-refractivity contribution is -0.115. The molecule has 0 spiro atoms. The highest BCUT2D eigenvalue weighted by Crippen LogP contribution is 2.20. The smallest absolute Gasteiger partial charge is 0.238 e. The largest absolute Gasteiger partial charge is 0.325 e. The number of rotatable bonds is 5. The van der Waals surface area contributed by atoms with Gasteiger partial charge in [-0.25, -0.2) is 0 Å². The van der Waals surface area contributed by atoms with E-state index >= 15 is 0 Å². The summed E-state index contributed by atoms with van der Waals surface area (Å²) >= 11 is 7.61. The lowest BCUT2D eigenvalue weighted by Gasteiger charge is -2.13. The molecule has 1 aromatic carbocycles. The van der Waals surface area contributed by atoms with Gasteiger partial charge >= 0.3 is 0 Å². The maximum Gasteiger partial charge on any atom is 0.238 e. The van der Waals surface area contributed by atoms with Crippen molar-refractivity contribution < 1.29 is 4.79 Å². The van der Waals surface area contributed by atoms with Gasteiger partial charge in [0, 0.05) is 21.6 Å². The minimum absolute atomic E-state index is 0.0706. The monoisotopic (exact) mass is 308 g/mol. The number of aryl methyl sites for hydroxylation is 1. The second kappa shape index (κ2) is 6.88. The predicted molar refractivity (Wildman–Crippen MR) is 85.6 cm³/mol. The van der Waals surface area contributed by atoms with Crippen LogP contribution in [0.3, 0.4) is 0 Å². The minimum atomic E-state index is -0.0706. The van der Waals surface area contributed by atoms with Gasteiger partial charge in [0.1, 0.15) is 0 Å². The third-order valence-corrected chi connectivity index (χ3v) is 4.30. The lowest BCUT2D eigenvalue weighted by Crippen LogP contribution is -2.30. The molecule has 2 aromatic rings. The van der Waals surface area contributed by atoms with Gasteiger partial charge in [0.2, 0.25) is 5.91 Å². The van der Waals surface area contributed by atoms with E-state index in [1.165, 1.54) is 4.88 Å². The maximum atomic E-state index is 11.9. The summed E-state index contributed by atoms with van der Waals surface area (Å²) in [6.07, 6.45) is 0. The number of benzene rings is 1. The van der Waals surface area contributed by atoms with Crippen LogP contribution in [0.15, 0.2) is 35.7 Å². The van der Waals surface area contributed by atoms with Gasteiger partial charge in [0.25, 0.3) is 0 Å². The molecule has 0 aliphatic rings. The van der Waals surface area contributed by atoms with Gasteiger partial charge < -0.3 is 10.6 Å². The van der Waals surface area contributed by atoms with Crippen molar-refractivity contribution in [2.45, 2.75) is 19.9 Å². The molecule has 0 radical (unpaired) electrons. The molecule has 0 saturated heterocycles. The van der Waals surface area contributed by atoms with Crippen LogP contribution < -0.4 is 10.6 Å². The molecule has 1 amide bonds. The Bertz CT molecular complexity index is 584. The third-order valence-electron chi connectivity index (χ3n) is 3.01. The van der Waals surface area contributed by atoms with Crippen molar-refractivity contribution in [1.29, 1.82) is 0 Å². The maximum absolute atomic E-state index is 11.9. The van der Waals surface area contributed by atoms with E-state index in [-0.39, 0.29) is 18.5 Å². The molecule has 0 aliphatic carbocycles. The van der Waals surface area contributed by atoms with Gasteiger partial charge in [0.05, 0.1) is 6.54 Å². The predicted octanol–water partition coefficient (Wildman–Crippen LogP) is 4.00. The number of carbonyl (C=O) groups excluding carboxylic acids is 1. The van der Waals surface area contributed by atoms with Gasteiger partial charge in [0.15, 0.2) is 0 Å². The molecular formula is C15H17ClN2OS. The topological polar surface area (TPSA) is 41.1 Å². The van der Waals surface area contributed by atoms with E-state index in [1.807, 2.05) is 37.4 Å². The fraction of sp³-hybridized carbons (Fsp3) is 0.267. The van der Waals surface area contributed by atoms with Crippen LogP contribution in [-0.2, 0) is 4.79 Å². The second-order valence-electron chi connectivity index (χ2n) is 4.63. The van der Waals surface area contributed by atoms with Crippen molar-refractivity contribution in [3.05, 3.63) is 51.2 Å². The summed E-state index contributed by atoms with van der Waals surface area (Å²) in [5.41, 5.74) is 1.75. The number of amides is 1. The first-order valence-electron chi connectivity index (χ1n) is 6.39. The Balaban J connectivity index is 1.88. The van der Waals surface area contributed by atoms with Crippen LogP contribution in [0.4, 0.5) is 5.69 Å². The van der Waals surface area contributed by atoms with Gasteiger partial charge in [-0.15, -0.1) is 11.3 Å². The SMILES string of the molecule is Cc1ccc(Cl)cc1NC(=O)CN[C@@H](C)c1cccs1. The first-order valence-corrected chi connectivity index (χ1v) is 7.65. The van der Waals surface area contributed by atoms with E-state index in [1.54, 1.807) is 17.4 Å². The van der Waals surface area contributed by atoms with E-state index in [0.29, 0.717) is 5.02 Å². The van der Waals surface area contributed by atoms with Gasteiger partial charge in [-0.2, -0.15) is 0 Å². The number of thiophene rings is 1. The van der Waals surface area contributed by atoms with Gasteiger partial charge in [-0.3, -0.25) is 4.79 Å². The van der Waals surface area contributed by atoms with E-state index < -0.39 is 0 Å². The third kappa shape index (κ3) is 4.07. The van der Waals surface area contributed by atoms with Crippen molar-refractivity contribution in [2.24, 2.45) is 0 Å². The molecule has 0 bridgehead atoms. The first kappa shape index (κ1) is 15.0. The molecular weight excluding hydrogens is 292 g/mol. The molecule has 3 nitrogen and oxygen atoms in total. The second-order valence-corrected chi connectivity index (χ2v) is 6.04. The zero-order chi connectivity index (χ0) is 14.5. The normalized spacial score (nSPS) is 12.2. The van der Waals surface area contributed by atoms with Crippen molar-refractivity contribution in [3.8, 4) is 0 Å². The molecule has 0 fully saturated rings. The first-order chi connectivity index (χ1) is 9.56. The van der Waals surface area contributed by atoms with Gasteiger partial charge in [-0.1, -0.05) is 23.7 Å². The quantitative estimate of drug-likeness (QED) is 0.876. The average molecular weight is 309 g/mol. The summed E-state index contributed by atoms with van der Waals surface area (Å²) in [6.45, 7) is 4.25. The Morgan fingerprint density at radius 3 is 2.90 bits per heavy atom. The van der Waals surface area contributed by atoms with E-state index in [9.17, 15) is 4.79 Å². The van der Waals surface area contributed by atoms with Crippen LogP contribution in [0.5, 0.6) is 0 Å². The number of nitrogens with one attached hydrogen (secondary N) is 2. The van der Waals surface area contributed by atoms with Gasteiger partial charge in [-0.05, 0) is 43.0 Å². The summed E-state index contributed by atoms with van der Waals surface area (Å²) in [7, 11) is 0.